The van der Waals surface area contributed by atoms with Crippen molar-refractivity contribution in [1.29, 1.82) is 5.26 Å². The first-order valence-corrected chi connectivity index (χ1v) is 34.0. The molecule has 96 heavy (non-hydrogen) atoms. The molecule has 15 aromatic carbocycles. The van der Waals surface area contributed by atoms with Gasteiger partial charge in [-0.25, -0.2) is 4.85 Å². The average molecular weight is 1250 g/mol. The van der Waals surface area contributed by atoms with Gasteiger partial charge in [-0.15, -0.1) is 22.7 Å². The molecule has 0 aliphatic rings. The zero-order valence-corrected chi connectivity index (χ0v) is 52.8. The van der Waals surface area contributed by atoms with Crippen molar-refractivity contribution in [2.24, 2.45) is 0 Å². The minimum atomic E-state index is 0.392. The Balaban J connectivity index is 1.06. The zero-order valence-electron chi connectivity index (χ0n) is 51.2. The molecule has 0 spiro atoms. The lowest BCUT2D eigenvalue weighted by atomic mass is 9.97. The van der Waals surface area contributed by atoms with E-state index in [0.717, 1.165) is 151 Å². The Labute approximate surface area is 556 Å². The molecule has 0 aliphatic carbocycles. The van der Waals surface area contributed by atoms with E-state index in [1.165, 1.54) is 20.2 Å². The largest absolute Gasteiger partial charge is 0.317 e. The van der Waals surface area contributed by atoms with Gasteiger partial charge in [0.15, 0.2) is 0 Å². The molecule has 0 atom stereocenters. The highest BCUT2D eigenvalue weighted by molar-refractivity contribution is 7.27. The van der Waals surface area contributed by atoms with Crippen LogP contribution in [-0.4, -0.2) is 18.3 Å². The van der Waals surface area contributed by atoms with Crippen molar-refractivity contribution in [2.75, 3.05) is 0 Å². The van der Waals surface area contributed by atoms with Gasteiger partial charge >= 0.3 is 0 Å². The van der Waals surface area contributed by atoms with Crippen molar-refractivity contribution in [3.63, 3.8) is 0 Å². The first kappa shape index (κ1) is 53.0. The third-order valence-electron chi connectivity index (χ3n) is 20.4. The number of benzene rings is 15. The second kappa shape index (κ2) is 20.0. The molecule has 0 bridgehead atoms. The Hall–Kier alpha value is -12.6. The maximum absolute atomic E-state index is 13.5. The highest BCUT2D eigenvalue weighted by atomic mass is 32.1. The normalized spacial score (nSPS) is 12.1. The third-order valence-corrected chi connectivity index (χ3v) is 22.8. The molecule has 0 saturated heterocycles. The average Bonchev–Trinajstić information content (AvgIpc) is 1.47. The minimum absolute atomic E-state index is 0.392. The van der Waals surface area contributed by atoms with E-state index in [4.69, 9.17) is 4.85 Å². The zero-order chi connectivity index (χ0) is 63.0. The highest BCUT2D eigenvalue weighted by Crippen LogP contribution is 2.55. The summed E-state index contributed by atoms with van der Waals surface area (Å²) in [6.07, 6.45) is 0. The number of thiophene rings is 2. The quantitative estimate of drug-likeness (QED) is 0.153. The molecular weight excluding hydrogens is 1210 g/mol. The van der Waals surface area contributed by atoms with Gasteiger partial charge in [0.05, 0.1) is 82.9 Å². The van der Waals surface area contributed by atoms with Gasteiger partial charge < -0.3 is 18.3 Å². The Kier molecular flexibility index (Phi) is 11.0. The van der Waals surface area contributed by atoms with Gasteiger partial charge in [0.1, 0.15) is 11.6 Å². The molecule has 0 unspecified atom stereocenters. The molecule has 0 N–H and O–H groups in total. The third kappa shape index (κ3) is 7.15. The molecule has 21 aromatic rings. The van der Waals surface area contributed by atoms with E-state index >= 15 is 0 Å². The molecule has 0 radical (unpaired) electrons. The Morgan fingerprint density at radius 1 is 0.292 bits per heavy atom. The van der Waals surface area contributed by atoms with Crippen LogP contribution in [0.15, 0.2) is 291 Å². The predicted molar refractivity (Wildman–Crippen MR) is 406 cm³/mol. The number of aromatic nitrogens is 4. The summed E-state index contributed by atoms with van der Waals surface area (Å²) in [5.41, 5.74) is 15.0. The van der Waals surface area contributed by atoms with Crippen LogP contribution in [0, 0.1) is 17.9 Å². The second-order valence-electron chi connectivity index (χ2n) is 25.1. The maximum atomic E-state index is 13.5. The van der Waals surface area contributed by atoms with E-state index in [0.29, 0.717) is 34.0 Å². The Morgan fingerprint density at radius 3 is 1.07 bits per heavy atom. The number of para-hydroxylation sites is 4. The summed E-state index contributed by atoms with van der Waals surface area (Å²) in [6.45, 7) is 10.5. The van der Waals surface area contributed by atoms with Crippen LogP contribution < -0.4 is 0 Å². The van der Waals surface area contributed by atoms with Crippen molar-refractivity contribution in [3.05, 3.63) is 308 Å². The number of hydrogen-bond donors (Lipinski definition) is 0. The van der Waals surface area contributed by atoms with E-state index in [1.54, 1.807) is 22.7 Å². The SMILES string of the molecule is [C-]#[N+]c1c(-n2c3ccccc3c3ccccc32)c(-n2c3cc(-c4cccc5ccccc45)ccc3c3ccc4c5ccccc5sc4c32)c(C#N)c(-n2c3ccccc3c3ccccc32)c1-n1c2cc(-c3cccc4ccccc34)ccc2c2ccc3c4ccccc4sc3c21. The van der Waals surface area contributed by atoms with Gasteiger partial charge in [-0.2, -0.15) is 5.26 Å². The summed E-state index contributed by atoms with van der Waals surface area (Å²) < 4.78 is 14.0. The number of rotatable bonds is 6. The van der Waals surface area contributed by atoms with Crippen LogP contribution in [0.4, 0.5) is 5.69 Å². The van der Waals surface area contributed by atoms with Crippen LogP contribution in [0.5, 0.6) is 0 Å². The van der Waals surface area contributed by atoms with Crippen LogP contribution in [-0.2, 0) is 0 Å². The molecule has 6 heterocycles. The van der Waals surface area contributed by atoms with E-state index in [9.17, 15) is 11.8 Å². The van der Waals surface area contributed by atoms with Crippen LogP contribution in [0.1, 0.15) is 5.56 Å². The van der Waals surface area contributed by atoms with Crippen molar-refractivity contribution in [2.45, 2.75) is 0 Å². The highest BCUT2D eigenvalue weighted by Gasteiger charge is 2.36. The lowest BCUT2D eigenvalue weighted by molar-refractivity contribution is 1.04. The number of nitrogens with zero attached hydrogens (tertiary/aromatic N) is 6. The van der Waals surface area contributed by atoms with Gasteiger partial charge in [-0.1, -0.05) is 243 Å². The lowest BCUT2D eigenvalue weighted by Gasteiger charge is -2.27. The van der Waals surface area contributed by atoms with Gasteiger partial charge in [0.2, 0.25) is 5.69 Å². The maximum Gasteiger partial charge on any atom is 0.238 e. The first-order valence-electron chi connectivity index (χ1n) is 32.3. The Bertz CT molecular complexity index is 6580. The summed E-state index contributed by atoms with van der Waals surface area (Å²) in [5, 5.41) is 31.0. The molecule has 0 amide bonds. The number of fused-ring (bicyclic) bond motifs is 22. The molecular formula is C88H48N6S2. The first-order chi connectivity index (χ1) is 47.6. The lowest BCUT2D eigenvalue weighted by Crippen LogP contribution is -2.14. The number of hydrogen-bond acceptors (Lipinski definition) is 3. The monoisotopic (exact) mass is 1250 g/mol. The van der Waals surface area contributed by atoms with Crippen LogP contribution in [0.25, 0.3) is 199 Å². The fourth-order valence-corrected chi connectivity index (χ4v) is 18.9. The minimum Gasteiger partial charge on any atom is -0.317 e. The second-order valence-corrected chi connectivity index (χ2v) is 27.2. The smallest absolute Gasteiger partial charge is 0.238 e. The van der Waals surface area contributed by atoms with Crippen LogP contribution in [0.2, 0.25) is 0 Å². The molecule has 21 rings (SSSR count). The van der Waals surface area contributed by atoms with Crippen molar-refractivity contribution >= 4 is 177 Å². The predicted octanol–water partition coefficient (Wildman–Crippen LogP) is 24.9. The van der Waals surface area contributed by atoms with Crippen molar-refractivity contribution in [3.8, 4) is 51.1 Å². The van der Waals surface area contributed by atoms with Crippen LogP contribution in [0.3, 0.4) is 0 Å². The summed E-state index contributed by atoms with van der Waals surface area (Å²) in [6, 6.07) is 108. The number of nitriles is 1. The molecule has 6 aromatic heterocycles. The summed E-state index contributed by atoms with van der Waals surface area (Å²) in [7, 11) is 0. The van der Waals surface area contributed by atoms with Gasteiger partial charge in [-0.05, 0) is 92.3 Å². The van der Waals surface area contributed by atoms with Crippen LogP contribution >= 0.6 is 22.7 Å². The van der Waals surface area contributed by atoms with Crippen molar-refractivity contribution < 1.29 is 0 Å². The fraction of sp³-hybridized carbons (Fsp3) is 0. The van der Waals surface area contributed by atoms with E-state index in [1.807, 2.05) is 0 Å². The molecule has 0 aliphatic heterocycles. The fourth-order valence-electron chi connectivity index (χ4n) is 16.4. The summed E-state index contributed by atoms with van der Waals surface area (Å²) >= 11 is 3.57. The van der Waals surface area contributed by atoms with Gasteiger partial charge in [0.25, 0.3) is 0 Å². The van der Waals surface area contributed by atoms with Gasteiger partial charge in [0, 0.05) is 74.0 Å². The van der Waals surface area contributed by atoms with Crippen molar-refractivity contribution in [1.82, 2.24) is 18.3 Å². The van der Waals surface area contributed by atoms with E-state index in [2.05, 4.69) is 316 Å². The molecule has 442 valence electrons. The molecule has 0 fully saturated rings. The van der Waals surface area contributed by atoms with Gasteiger partial charge in [-0.3, -0.25) is 0 Å². The summed E-state index contributed by atoms with van der Waals surface area (Å²) in [4.78, 5) is 5.17. The molecule has 6 nitrogen and oxygen atoms in total. The molecule has 0 saturated carbocycles. The van der Waals surface area contributed by atoms with E-state index < -0.39 is 0 Å². The molecule has 8 heteroatoms. The summed E-state index contributed by atoms with van der Waals surface area (Å²) in [5.74, 6) is 0. The Morgan fingerprint density at radius 2 is 0.625 bits per heavy atom. The van der Waals surface area contributed by atoms with E-state index in [-0.39, 0.29) is 0 Å². The topological polar surface area (TPSA) is 47.9 Å². The standard InChI is InChI=1S/C88H48N6S2/c1-90-80-85(92-74-36-14-8-28-61(74)62-29-9-15-37-75(62)92)82(93-76-48-53(57-32-18-22-51-20-2-4-24-55(51)57)40-42-63(76)67-44-46-69-65-30-10-16-38-78(65)95-87(69)83(67)93)71(50-89)81(91-72-34-12-6-26-59(72)60-27-7-13-35-73(60)91)86(80)94-77-49-54(58-33-19-23-52-21-3-5-25-56(52)58)41-43-64(77)68-45-47-70-66-31-11-17-39-79(66)96-88(70)84(68)94/h2-49H.